The van der Waals surface area contributed by atoms with Crippen molar-refractivity contribution in [3.63, 3.8) is 0 Å². The number of carbonyl (C=O) groups excluding carboxylic acids is 1. The van der Waals surface area contributed by atoms with E-state index in [1.165, 1.54) is 12.1 Å². The fraction of sp³-hybridized carbons (Fsp3) is 0.222. The summed E-state index contributed by atoms with van der Waals surface area (Å²) in [7, 11) is -3.30. The fourth-order valence-corrected chi connectivity index (χ4v) is 1.80. The van der Waals surface area contributed by atoms with Gasteiger partial charge in [-0.2, -0.15) is 0 Å². The van der Waals surface area contributed by atoms with Crippen LogP contribution >= 0.6 is 0 Å². The zero-order valence-electron chi connectivity index (χ0n) is 8.44. The molecule has 0 heterocycles. The second-order valence-corrected chi connectivity index (χ2v) is 5.24. The average Bonchev–Trinajstić information content (AvgIpc) is 2.15. The summed E-state index contributed by atoms with van der Waals surface area (Å²) in [5, 5.41) is 0. The van der Waals surface area contributed by atoms with Gasteiger partial charge in [-0.3, -0.25) is 10.2 Å². The molecule has 1 aromatic carbocycles. The normalized spacial score (nSPS) is 11.1. The van der Waals surface area contributed by atoms with E-state index in [4.69, 9.17) is 5.84 Å². The highest BCUT2D eigenvalue weighted by Gasteiger charge is 2.13. The lowest BCUT2D eigenvalue weighted by Gasteiger charge is -2.06. The zero-order valence-corrected chi connectivity index (χ0v) is 9.26. The number of amides is 1. The number of hydrogen-bond acceptors (Lipinski definition) is 4. The first kappa shape index (κ1) is 11.7. The highest BCUT2D eigenvalue weighted by Crippen LogP contribution is 2.15. The molecule has 0 aliphatic heterocycles. The Balaban J connectivity index is 3.36. The van der Waals surface area contributed by atoms with E-state index in [2.05, 4.69) is 0 Å². The molecule has 0 aromatic heterocycles. The van der Waals surface area contributed by atoms with Crippen LogP contribution in [0.5, 0.6) is 0 Å². The molecule has 3 N–H and O–H groups in total. The highest BCUT2D eigenvalue weighted by molar-refractivity contribution is 7.90. The summed E-state index contributed by atoms with van der Waals surface area (Å²) in [6.07, 6.45) is 1.09. The molecule has 1 rings (SSSR count). The summed E-state index contributed by atoms with van der Waals surface area (Å²) < 4.78 is 22.5. The van der Waals surface area contributed by atoms with Gasteiger partial charge in [-0.25, -0.2) is 14.3 Å². The van der Waals surface area contributed by atoms with Crippen molar-refractivity contribution in [2.45, 2.75) is 11.8 Å². The number of nitrogens with two attached hydrogens (primary N) is 1. The van der Waals surface area contributed by atoms with Crippen molar-refractivity contribution in [2.75, 3.05) is 6.26 Å². The topological polar surface area (TPSA) is 89.3 Å². The number of nitrogen functional groups attached to an aromatic ring is 1. The van der Waals surface area contributed by atoms with Gasteiger partial charge in [-0.05, 0) is 24.6 Å². The van der Waals surface area contributed by atoms with Crippen LogP contribution in [0.3, 0.4) is 0 Å². The Hall–Kier alpha value is -1.40. The molecule has 0 saturated heterocycles. The summed E-state index contributed by atoms with van der Waals surface area (Å²) in [4.78, 5) is 11.4. The summed E-state index contributed by atoms with van der Waals surface area (Å²) in [6.45, 7) is 1.70. The molecular formula is C9H12N2O3S. The summed E-state index contributed by atoms with van der Waals surface area (Å²) in [5.74, 6) is 4.48. The molecule has 1 aromatic rings. The summed E-state index contributed by atoms with van der Waals surface area (Å²) >= 11 is 0. The maximum absolute atomic E-state index is 11.3. The minimum atomic E-state index is -3.30. The predicted octanol–water partition coefficient (Wildman–Crippen LogP) is 0.00202. The van der Waals surface area contributed by atoms with Crippen molar-refractivity contribution in [3.8, 4) is 0 Å². The predicted molar refractivity (Wildman–Crippen MR) is 55.9 cm³/mol. The number of aryl methyl sites for hydroxylation is 1. The molecule has 0 bridgehead atoms. The molecule has 15 heavy (non-hydrogen) atoms. The fourth-order valence-electron chi connectivity index (χ4n) is 1.15. The lowest BCUT2D eigenvalue weighted by Crippen LogP contribution is -2.30. The van der Waals surface area contributed by atoms with Gasteiger partial charge in [0.25, 0.3) is 5.91 Å². The number of benzene rings is 1. The Labute approximate surface area is 88.2 Å². The monoisotopic (exact) mass is 228 g/mol. The van der Waals surface area contributed by atoms with E-state index in [0.29, 0.717) is 5.56 Å². The molecule has 0 aliphatic rings. The van der Waals surface area contributed by atoms with E-state index in [0.717, 1.165) is 6.26 Å². The minimum Gasteiger partial charge on any atom is -0.290 e. The molecule has 0 unspecified atom stereocenters. The van der Waals surface area contributed by atoms with E-state index in [1.54, 1.807) is 13.0 Å². The number of sulfone groups is 1. The molecule has 5 nitrogen and oxygen atoms in total. The Morgan fingerprint density at radius 2 is 2.00 bits per heavy atom. The van der Waals surface area contributed by atoms with Crippen molar-refractivity contribution in [2.24, 2.45) is 5.84 Å². The van der Waals surface area contributed by atoms with E-state index >= 15 is 0 Å². The van der Waals surface area contributed by atoms with Gasteiger partial charge in [0.05, 0.1) is 4.90 Å². The molecule has 82 valence electrons. The largest absolute Gasteiger partial charge is 0.290 e. The number of rotatable bonds is 2. The molecule has 0 saturated carbocycles. The van der Waals surface area contributed by atoms with Gasteiger partial charge in [0, 0.05) is 11.8 Å². The molecule has 0 spiro atoms. The Morgan fingerprint density at radius 1 is 1.40 bits per heavy atom. The zero-order chi connectivity index (χ0) is 11.6. The maximum Gasteiger partial charge on any atom is 0.265 e. The highest BCUT2D eigenvalue weighted by atomic mass is 32.2. The smallest absolute Gasteiger partial charge is 0.265 e. The number of nitrogens with one attached hydrogen (secondary N) is 1. The van der Waals surface area contributed by atoms with Gasteiger partial charge in [-0.1, -0.05) is 6.07 Å². The Morgan fingerprint density at radius 3 is 2.47 bits per heavy atom. The molecule has 0 atom stereocenters. The summed E-state index contributed by atoms with van der Waals surface area (Å²) in [5.41, 5.74) is 2.90. The van der Waals surface area contributed by atoms with E-state index in [1.807, 2.05) is 5.43 Å². The SMILES string of the molecule is Cc1ccc(S(C)(=O)=O)cc1C(=O)NN. The Bertz CT molecular complexity index is 494. The van der Waals surface area contributed by atoms with Crippen LogP contribution in [0.1, 0.15) is 15.9 Å². The van der Waals surface area contributed by atoms with Crippen molar-refractivity contribution in [1.82, 2.24) is 5.43 Å². The standard InChI is InChI=1S/C9H12N2O3S/c1-6-3-4-7(15(2,13)14)5-8(6)9(12)11-10/h3-5H,10H2,1-2H3,(H,11,12). The molecular weight excluding hydrogens is 216 g/mol. The second kappa shape index (κ2) is 4.00. The first-order chi connectivity index (χ1) is 6.86. The molecule has 1 amide bonds. The Kier molecular flexibility index (Phi) is 3.11. The van der Waals surface area contributed by atoms with Crippen LogP contribution in [0, 0.1) is 6.92 Å². The minimum absolute atomic E-state index is 0.103. The van der Waals surface area contributed by atoms with Crippen LogP contribution in [-0.4, -0.2) is 20.6 Å². The van der Waals surface area contributed by atoms with Gasteiger partial charge < -0.3 is 0 Å². The van der Waals surface area contributed by atoms with Crippen LogP contribution in [-0.2, 0) is 9.84 Å². The first-order valence-corrected chi connectivity index (χ1v) is 6.07. The van der Waals surface area contributed by atoms with Crippen molar-refractivity contribution in [3.05, 3.63) is 29.3 Å². The van der Waals surface area contributed by atoms with Crippen LogP contribution in [0.25, 0.3) is 0 Å². The molecule has 0 aliphatic carbocycles. The van der Waals surface area contributed by atoms with Crippen LogP contribution in [0.4, 0.5) is 0 Å². The van der Waals surface area contributed by atoms with Gasteiger partial charge in [0.2, 0.25) is 0 Å². The summed E-state index contributed by atoms with van der Waals surface area (Å²) in [6, 6.07) is 4.34. The molecule has 0 radical (unpaired) electrons. The number of carbonyl (C=O) groups is 1. The van der Waals surface area contributed by atoms with Crippen LogP contribution < -0.4 is 11.3 Å². The lowest BCUT2D eigenvalue weighted by molar-refractivity contribution is 0.0953. The van der Waals surface area contributed by atoms with Crippen molar-refractivity contribution < 1.29 is 13.2 Å². The van der Waals surface area contributed by atoms with Crippen molar-refractivity contribution >= 4 is 15.7 Å². The lowest BCUT2D eigenvalue weighted by atomic mass is 10.1. The third kappa shape index (κ3) is 2.54. The van der Waals surface area contributed by atoms with Gasteiger partial charge in [-0.15, -0.1) is 0 Å². The molecule has 6 heteroatoms. The number of hydrazine groups is 1. The van der Waals surface area contributed by atoms with E-state index in [-0.39, 0.29) is 10.5 Å². The molecule has 0 fully saturated rings. The van der Waals surface area contributed by atoms with Gasteiger partial charge in [0.15, 0.2) is 9.84 Å². The quantitative estimate of drug-likeness (QED) is 0.423. The van der Waals surface area contributed by atoms with Crippen LogP contribution in [0.15, 0.2) is 23.1 Å². The van der Waals surface area contributed by atoms with E-state index in [9.17, 15) is 13.2 Å². The first-order valence-electron chi connectivity index (χ1n) is 4.18. The third-order valence-electron chi connectivity index (χ3n) is 2.01. The van der Waals surface area contributed by atoms with Gasteiger partial charge >= 0.3 is 0 Å². The van der Waals surface area contributed by atoms with Crippen LogP contribution in [0.2, 0.25) is 0 Å². The maximum atomic E-state index is 11.3. The average molecular weight is 228 g/mol. The van der Waals surface area contributed by atoms with Crippen molar-refractivity contribution in [1.29, 1.82) is 0 Å². The second-order valence-electron chi connectivity index (χ2n) is 3.22. The number of hydrogen-bond donors (Lipinski definition) is 2. The third-order valence-corrected chi connectivity index (χ3v) is 3.12. The van der Waals surface area contributed by atoms with Gasteiger partial charge in [0.1, 0.15) is 0 Å². The van der Waals surface area contributed by atoms with E-state index < -0.39 is 15.7 Å².